The number of nitrogens with two attached hydrogens (primary N) is 1. The molecule has 0 rings (SSSR count). The predicted molar refractivity (Wildman–Crippen MR) is 215 cm³/mol. The van der Waals surface area contributed by atoms with Gasteiger partial charge in [0.2, 0.25) is 0 Å². The maximum Gasteiger partial charge on any atom is 0.472 e. The zero-order valence-electron chi connectivity index (χ0n) is 33.8. The molecule has 1 unspecified atom stereocenters. The van der Waals surface area contributed by atoms with Crippen LogP contribution in [0.2, 0.25) is 0 Å². The Kier molecular flexibility index (Phi) is 38.5. The Bertz CT molecular complexity index is 871. The number of rotatable bonds is 41. The normalized spacial score (nSPS) is 13.4. The maximum atomic E-state index is 12.6. The molecular weight excluding hydrogens is 677 g/mol. The minimum Gasteiger partial charge on any atom is -0.462 e. The van der Waals surface area contributed by atoms with Crippen molar-refractivity contribution < 1.29 is 37.6 Å². The van der Waals surface area contributed by atoms with Crippen LogP contribution in [0.15, 0.2) is 12.2 Å². The molecule has 0 aliphatic rings. The second-order valence-electron chi connectivity index (χ2n) is 14.6. The summed E-state index contributed by atoms with van der Waals surface area (Å²) in [4.78, 5) is 34.8. The van der Waals surface area contributed by atoms with Gasteiger partial charge in [0.1, 0.15) is 6.61 Å². The molecule has 0 aliphatic carbocycles. The Labute approximate surface area is 319 Å². The molecule has 0 aliphatic heterocycles. The van der Waals surface area contributed by atoms with Gasteiger partial charge in [0.05, 0.1) is 13.2 Å². The second kappa shape index (κ2) is 39.4. The van der Waals surface area contributed by atoms with Crippen molar-refractivity contribution >= 4 is 19.8 Å². The Morgan fingerprint density at radius 2 is 0.942 bits per heavy atom. The molecule has 0 aromatic carbocycles. The number of carbonyl (C=O) groups excluding carboxylic acids is 2. The summed E-state index contributed by atoms with van der Waals surface area (Å²) in [5.74, 6) is -0.823. The lowest BCUT2D eigenvalue weighted by atomic mass is 10.0. The Balaban J connectivity index is 4.13. The van der Waals surface area contributed by atoms with Gasteiger partial charge in [-0.15, -0.1) is 0 Å². The number of ether oxygens (including phenoxy) is 2. The van der Waals surface area contributed by atoms with Crippen molar-refractivity contribution in [2.45, 2.75) is 219 Å². The summed E-state index contributed by atoms with van der Waals surface area (Å²) in [5.41, 5.74) is 5.34. The van der Waals surface area contributed by atoms with Crippen molar-refractivity contribution in [3.63, 3.8) is 0 Å². The number of allylic oxidation sites excluding steroid dienone is 2. The van der Waals surface area contributed by atoms with Gasteiger partial charge in [-0.3, -0.25) is 18.6 Å². The first-order valence-electron chi connectivity index (χ1n) is 21.7. The molecule has 308 valence electrons. The highest BCUT2D eigenvalue weighted by Crippen LogP contribution is 2.43. The number of esters is 2. The highest BCUT2D eigenvalue weighted by molar-refractivity contribution is 7.47. The maximum absolute atomic E-state index is 12.6. The van der Waals surface area contributed by atoms with Gasteiger partial charge in [-0.1, -0.05) is 174 Å². The third-order valence-corrected chi connectivity index (χ3v) is 10.4. The fourth-order valence-corrected chi connectivity index (χ4v) is 6.92. The SMILES string of the molecule is CCCCCCCC/C=C\CCCCCCCCCC(=O)O[C@H](COC(=O)CCCCCCCCCCCCCCCC)COP(=O)(O)OCCN. The second-order valence-corrected chi connectivity index (χ2v) is 16.0. The molecule has 0 spiro atoms. The van der Waals surface area contributed by atoms with Crippen LogP contribution >= 0.6 is 7.82 Å². The minimum atomic E-state index is -4.37. The van der Waals surface area contributed by atoms with Crippen LogP contribution in [-0.4, -0.2) is 49.3 Å². The average Bonchev–Trinajstić information content (AvgIpc) is 3.13. The summed E-state index contributed by atoms with van der Waals surface area (Å²) in [6, 6.07) is 0. The zero-order valence-corrected chi connectivity index (χ0v) is 34.7. The molecule has 52 heavy (non-hydrogen) atoms. The van der Waals surface area contributed by atoms with Crippen LogP contribution in [0.3, 0.4) is 0 Å². The van der Waals surface area contributed by atoms with Crippen LogP contribution in [0.5, 0.6) is 0 Å². The molecule has 0 amide bonds. The molecule has 0 radical (unpaired) electrons. The van der Waals surface area contributed by atoms with Crippen LogP contribution < -0.4 is 5.73 Å². The largest absolute Gasteiger partial charge is 0.472 e. The van der Waals surface area contributed by atoms with E-state index in [9.17, 15) is 19.0 Å². The van der Waals surface area contributed by atoms with Crippen molar-refractivity contribution in [3.8, 4) is 0 Å². The third kappa shape index (κ3) is 38.5. The van der Waals surface area contributed by atoms with E-state index in [0.717, 1.165) is 44.9 Å². The molecular formula is C42H82NO8P. The van der Waals surface area contributed by atoms with Crippen LogP contribution in [-0.2, 0) is 32.7 Å². The first-order chi connectivity index (χ1) is 25.3. The number of hydrogen-bond acceptors (Lipinski definition) is 8. The monoisotopic (exact) mass is 760 g/mol. The minimum absolute atomic E-state index is 0.0554. The smallest absolute Gasteiger partial charge is 0.462 e. The molecule has 0 heterocycles. The number of carbonyl (C=O) groups is 2. The van der Waals surface area contributed by atoms with E-state index in [0.29, 0.717) is 6.42 Å². The van der Waals surface area contributed by atoms with Crippen LogP contribution in [0, 0.1) is 0 Å². The molecule has 0 fully saturated rings. The van der Waals surface area contributed by atoms with Gasteiger partial charge >= 0.3 is 19.8 Å². The van der Waals surface area contributed by atoms with E-state index >= 15 is 0 Å². The number of phosphoric acid groups is 1. The zero-order chi connectivity index (χ0) is 38.2. The first-order valence-corrected chi connectivity index (χ1v) is 23.2. The van der Waals surface area contributed by atoms with Crippen LogP contribution in [0.1, 0.15) is 213 Å². The van der Waals surface area contributed by atoms with Gasteiger partial charge in [0, 0.05) is 19.4 Å². The molecule has 9 nitrogen and oxygen atoms in total. The molecule has 3 N–H and O–H groups in total. The standard InChI is InChI=1S/C42H82NO8P/c1-3-5-7-9-11-13-15-17-19-20-21-23-25-27-29-31-33-35-42(45)51-40(39-50-52(46,47)49-37-36-43)38-48-41(44)34-32-30-28-26-24-22-18-16-14-12-10-8-6-4-2/h17,19,40H,3-16,18,20-39,43H2,1-2H3,(H,46,47)/b19-17-/t40-/m1/s1. The Morgan fingerprint density at radius 1 is 0.558 bits per heavy atom. The van der Waals surface area contributed by atoms with E-state index in [2.05, 4.69) is 26.0 Å². The summed E-state index contributed by atoms with van der Waals surface area (Å²) in [5, 5.41) is 0. The van der Waals surface area contributed by atoms with Gasteiger partial charge in [-0.25, -0.2) is 4.57 Å². The van der Waals surface area contributed by atoms with Crippen molar-refractivity contribution in [1.29, 1.82) is 0 Å². The summed E-state index contributed by atoms with van der Waals surface area (Å²) >= 11 is 0. The summed E-state index contributed by atoms with van der Waals surface area (Å²) in [6.45, 7) is 3.75. The van der Waals surface area contributed by atoms with Gasteiger partial charge < -0.3 is 20.1 Å². The van der Waals surface area contributed by atoms with Gasteiger partial charge in [0.15, 0.2) is 6.10 Å². The molecule has 0 aromatic heterocycles. The predicted octanol–water partition coefficient (Wildman–Crippen LogP) is 12.2. The summed E-state index contributed by atoms with van der Waals surface area (Å²) in [7, 11) is -4.37. The van der Waals surface area contributed by atoms with Crippen molar-refractivity contribution in [3.05, 3.63) is 12.2 Å². The van der Waals surface area contributed by atoms with Crippen molar-refractivity contribution in [1.82, 2.24) is 0 Å². The lowest BCUT2D eigenvalue weighted by Gasteiger charge is -2.19. The van der Waals surface area contributed by atoms with Crippen LogP contribution in [0.4, 0.5) is 0 Å². The van der Waals surface area contributed by atoms with E-state index < -0.39 is 26.5 Å². The van der Waals surface area contributed by atoms with Crippen molar-refractivity contribution in [2.24, 2.45) is 5.73 Å². The van der Waals surface area contributed by atoms with Gasteiger partial charge in [0.25, 0.3) is 0 Å². The first kappa shape index (κ1) is 50.8. The van der Waals surface area contributed by atoms with Gasteiger partial charge in [-0.05, 0) is 38.5 Å². The molecule has 0 bridgehead atoms. The topological polar surface area (TPSA) is 134 Å². The number of hydrogen-bond donors (Lipinski definition) is 2. The molecule has 2 atom stereocenters. The molecule has 0 saturated heterocycles. The fourth-order valence-electron chi connectivity index (χ4n) is 6.16. The molecule has 0 aromatic rings. The van der Waals surface area contributed by atoms with E-state index in [1.54, 1.807) is 0 Å². The van der Waals surface area contributed by atoms with Crippen molar-refractivity contribution in [2.75, 3.05) is 26.4 Å². The molecule has 10 heteroatoms. The average molecular weight is 760 g/mol. The molecule has 0 saturated carbocycles. The Morgan fingerprint density at radius 3 is 1.37 bits per heavy atom. The quantitative estimate of drug-likeness (QED) is 0.0270. The van der Waals surface area contributed by atoms with E-state index in [1.807, 2.05) is 0 Å². The number of unbranched alkanes of at least 4 members (excludes halogenated alkanes) is 26. The van der Waals surface area contributed by atoms with E-state index in [-0.39, 0.29) is 38.6 Å². The van der Waals surface area contributed by atoms with Gasteiger partial charge in [-0.2, -0.15) is 0 Å². The highest BCUT2D eigenvalue weighted by atomic mass is 31.2. The fraction of sp³-hybridized carbons (Fsp3) is 0.905. The van der Waals surface area contributed by atoms with Crippen LogP contribution in [0.25, 0.3) is 0 Å². The highest BCUT2D eigenvalue weighted by Gasteiger charge is 2.26. The third-order valence-electron chi connectivity index (χ3n) is 9.40. The number of phosphoric ester groups is 1. The van der Waals surface area contributed by atoms with E-state index in [1.165, 1.54) is 135 Å². The lowest BCUT2D eigenvalue weighted by Crippen LogP contribution is -2.29. The summed E-state index contributed by atoms with van der Waals surface area (Å²) < 4.78 is 32.8. The summed E-state index contributed by atoms with van der Waals surface area (Å²) in [6.07, 6.45) is 39.5. The lowest BCUT2D eigenvalue weighted by molar-refractivity contribution is -0.161. The Hall–Kier alpha value is -1.25. The van der Waals surface area contributed by atoms with E-state index in [4.69, 9.17) is 24.3 Å².